The van der Waals surface area contributed by atoms with Crippen molar-refractivity contribution in [3.05, 3.63) is 35.4 Å². The van der Waals surface area contributed by atoms with E-state index in [2.05, 4.69) is 5.92 Å². The molecule has 2 N–H and O–H groups in total. The first-order valence-corrected chi connectivity index (χ1v) is 13.0. The molecule has 8 heteroatoms. The molecule has 0 bridgehead atoms. The molecule has 37 heavy (non-hydrogen) atoms. The third-order valence-corrected chi connectivity index (χ3v) is 4.70. The van der Waals surface area contributed by atoms with Crippen LogP contribution in [0.5, 0.6) is 0 Å². The molecule has 0 amide bonds. The Labute approximate surface area is 223 Å². The van der Waals surface area contributed by atoms with Crippen LogP contribution >= 0.6 is 0 Å². The van der Waals surface area contributed by atoms with Crippen LogP contribution in [0.4, 0.5) is 0 Å². The fourth-order valence-corrected chi connectivity index (χ4v) is 3.11. The van der Waals surface area contributed by atoms with E-state index >= 15 is 0 Å². The van der Waals surface area contributed by atoms with Gasteiger partial charge in [0.25, 0.3) is 5.60 Å². The number of carbonyl (C=O) groups excluding carboxylic acids is 2. The molecule has 1 aromatic carbocycles. The SMILES string of the molecule is C#CC1CCOC1COC(Cc1ccc(C)cc1)(C(=O)OCC)C(=O)OCC.CC.CC.CC(C)(O)O. The Bertz CT molecular complexity index is 766. The first-order chi connectivity index (χ1) is 17.5. The Morgan fingerprint density at radius 2 is 1.49 bits per heavy atom. The Morgan fingerprint density at radius 1 is 1.03 bits per heavy atom. The number of ether oxygens (including phenoxy) is 4. The van der Waals surface area contributed by atoms with E-state index in [-0.39, 0.29) is 38.3 Å². The van der Waals surface area contributed by atoms with Crippen molar-refractivity contribution in [1.82, 2.24) is 0 Å². The third kappa shape index (κ3) is 14.2. The summed E-state index contributed by atoms with van der Waals surface area (Å²) in [5.41, 5.74) is -0.0851. The fraction of sp³-hybridized carbons (Fsp3) is 0.655. The lowest BCUT2D eigenvalue weighted by molar-refractivity contribution is -0.194. The molecule has 2 atom stereocenters. The second-order valence-electron chi connectivity index (χ2n) is 8.21. The molecule has 212 valence electrons. The number of carbonyl (C=O) groups is 2. The number of aryl methyl sites for hydroxylation is 1. The van der Waals surface area contributed by atoms with Gasteiger partial charge in [-0.1, -0.05) is 57.5 Å². The molecule has 1 aliphatic heterocycles. The van der Waals surface area contributed by atoms with Gasteiger partial charge in [-0.05, 0) is 46.6 Å². The zero-order valence-corrected chi connectivity index (χ0v) is 24.1. The summed E-state index contributed by atoms with van der Waals surface area (Å²) < 4.78 is 22.0. The lowest BCUT2D eigenvalue weighted by Crippen LogP contribution is -2.54. The van der Waals surface area contributed by atoms with Crippen molar-refractivity contribution in [2.45, 2.75) is 92.6 Å². The maximum atomic E-state index is 12.9. The highest BCUT2D eigenvalue weighted by molar-refractivity contribution is 6.04. The topological polar surface area (TPSA) is 112 Å². The third-order valence-electron chi connectivity index (χ3n) is 4.70. The van der Waals surface area contributed by atoms with Crippen LogP contribution in [0.3, 0.4) is 0 Å². The highest BCUT2D eigenvalue weighted by atomic mass is 16.6. The number of hydrogen-bond donors (Lipinski definition) is 2. The van der Waals surface area contributed by atoms with E-state index in [0.29, 0.717) is 13.0 Å². The second-order valence-corrected chi connectivity index (χ2v) is 8.21. The van der Waals surface area contributed by atoms with E-state index in [4.69, 9.17) is 35.6 Å². The number of esters is 2. The van der Waals surface area contributed by atoms with Crippen molar-refractivity contribution in [1.29, 1.82) is 0 Å². The van der Waals surface area contributed by atoms with Crippen molar-refractivity contribution in [3.63, 3.8) is 0 Å². The summed E-state index contributed by atoms with van der Waals surface area (Å²) in [5, 5.41) is 16.2. The summed E-state index contributed by atoms with van der Waals surface area (Å²) in [4.78, 5) is 25.8. The second kappa shape index (κ2) is 19.6. The summed E-state index contributed by atoms with van der Waals surface area (Å²) in [5.74, 6) is -0.494. The van der Waals surface area contributed by atoms with Crippen LogP contribution in [0.25, 0.3) is 0 Å². The van der Waals surface area contributed by atoms with Gasteiger partial charge in [-0.15, -0.1) is 12.3 Å². The van der Waals surface area contributed by atoms with E-state index in [1.807, 2.05) is 58.9 Å². The molecule has 2 rings (SSSR count). The van der Waals surface area contributed by atoms with Gasteiger partial charge < -0.3 is 29.2 Å². The Morgan fingerprint density at radius 3 is 1.89 bits per heavy atom. The summed E-state index contributed by atoms with van der Waals surface area (Å²) in [6, 6.07) is 7.51. The zero-order valence-electron chi connectivity index (χ0n) is 24.1. The Kier molecular flexibility index (Phi) is 19.5. The van der Waals surface area contributed by atoms with Crippen molar-refractivity contribution in [2.24, 2.45) is 5.92 Å². The standard InChI is InChI=1S/C22H28O6.C3H8O2.2C2H6/c1-5-18-12-13-27-19(18)15-28-22(20(23)25-6-2,21(24)26-7-3)14-17-10-8-16(4)9-11-17;1-3(2,4)5;2*1-2/h1,8-11,18-19H,6-7,12-15H2,2-4H3;4-5H,1-2H3;2*1-2H3. The lowest BCUT2D eigenvalue weighted by atomic mass is 9.93. The van der Waals surface area contributed by atoms with E-state index < -0.39 is 23.3 Å². The highest BCUT2D eigenvalue weighted by Crippen LogP contribution is 2.27. The number of hydrogen-bond acceptors (Lipinski definition) is 8. The Hall–Kier alpha value is -2.44. The molecule has 0 saturated carbocycles. The minimum Gasteiger partial charge on any atom is -0.463 e. The van der Waals surface area contributed by atoms with Gasteiger partial charge in [-0.3, -0.25) is 0 Å². The summed E-state index contributed by atoms with van der Waals surface area (Å²) >= 11 is 0. The van der Waals surface area contributed by atoms with E-state index in [1.165, 1.54) is 13.8 Å². The molecule has 0 aromatic heterocycles. The zero-order chi connectivity index (χ0) is 29.1. The van der Waals surface area contributed by atoms with Gasteiger partial charge in [-0.2, -0.15) is 0 Å². The van der Waals surface area contributed by atoms with Crippen molar-refractivity contribution in [3.8, 4) is 12.3 Å². The van der Waals surface area contributed by atoms with Gasteiger partial charge in [0, 0.05) is 13.0 Å². The van der Waals surface area contributed by atoms with Gasteiger partial charge in [0.15, 0.2) is 5.79 Å². The monoisotopic (exact) mass is 524 g/mol. The predicted octanol–water partition coefficient (Wildman–Crippen LogP) is 4.22. The van der Waals surface area contributed by atoms with E-state index in [0.717, 1.165) is 11.1 Å². The van der Waals surface area contributed by atoms with Crippen molar-refractivity contribution >= 4 is 11.9 Å². The van der Waals surface area contributed by atoms with Crippen LogP contribution in [0, 0.1) is 25.2 Å². The summed E-state index contributed by atoms with van der Waals surface area (Å²) in [7, 11) is 0. The molecule has 0 spiro atoms. The van der Waals surface area contributed by atoms with Gasteiger partial charge in [0.1, 0.15) is 0 Å². The molecule has 0 aliphatic carbocycles. The highest BCUT2D eigenvalue weighted by Gasteiger charge is 2.51. The van der Waals surface area contributed by atoms with Crippen LogP contribution in [-0.4, -0.2) is 66.1 Å². The van der Waals surface area contributed by atoms with E-state index in [1.54, 1.807) is 13.8 Å². The molecule has 1 heterocycles. The normalized spacial score (nSPS) is 16.4. The van der Waals surface area contributed by atoms with Gasteiger partial charge in [0.2, 0.25) is 0 Å². The molecule has 1 aromatic rings. The van der Waals surface area contributed by atoms with Crippen molar-refractivity contribution in [2.75, 3.05) is 26.4 Å². The number of aliphatic hydroxyl groups is 2. The molecule has 1 aliphatic rings. The average Bonchev–Trinajstić information content (AvgIpc) is 3.32. The van der Waals surface area contributed by atoms with Gasteiger partial charge in [0.05, 0.1) is 31.8 Å². The predicted molar refractivity (Wildman–Crippen MR) is 145 cm³/mol. The van der Waals surface area contributed by atoms with Crippen LogP contribution in [0.1, 0.15) is 72.9 Å². The largest absolute Gasteiger partial charge is 0.463 e. The molecular weight excluding hydrogens is 476 g/mol. The van der Waals surface area contributed by atoms with Crippen LogP contribution in [-0.2, 0) is 35.0 Å². The Balaban J connectivity index is 0. The number of rotatable bonds is 9. The minimum absolute atomic E-state index is 0.00160. The first kappa shape index (κ1) is 36.7. The van der Waals surface area contributed by atoms with Gasteiger partial charge in [-0.25, -0.2) is 9.59 Å². The number of benzene rings is 1. The molecule has 1 fully saturated rings. The molecule has 8 nitrogen and oxygen atoms in total. The summed E-state index contributed by atoms with van der Waals surface area (Å²) in [6.45, 7) is 16.7. The van der Waals surface area contributed by atoms with Crippen LogP contribution < -0.4 is 0 Å². The smallest absolute Gasteiger partial charge is 0.350 e. The van der Waals surface area contributed by atoms with Crippen LogP contribution in [0.2, 0.25) is 0 Å². The van der Waals surface area contributed by atoms with Gasteiger partial charge >= 0.3 is 11.9 Å². The number of terminal acetylenes is 1. The average molecular weight is 525 g/mol. The molecule has 0 radical (unpaired) electrons. The first-order valence-electron chi connectivity index (χ1n) is 13.0. The molecule has 2 unspecified atom stereocenters. The lowest BCUT2D eigenvalue weighted by Gasteiger charge is -2.30. The van der Waals surface area contributed by atoms with E-state index in [9.17, 15) is 9.59 Å². The summed E-state index contributed by atoms with van der Waals surface area (Å²) in [6.07, 6.45) is 5.88. The maximum Gasteiger partial charge on any atom is 0.350 e. The quantitative estimate of drug-likeness (QED) is 0.214. The fourth-order valence-electron chi connectivity index (χ4n) is 3.11. The van der Waals surface area contributed by atoms with Crippen molar-refractivity contribution < 1.29 is 38.7 Å². The molecule has 1 saturated heterocycles. The molecular formula is C29H48O8. The van der Waals surface area contributed by atoms with Crippen LogP contribution in [0.15, 0.2) is 24.3 Å². The maximum absolute atomic E-state index is 12.9. The minimum atomic E-state index is -1.91.